The van der Waals surface area contributed by atoms with Gasteiger partial charge in [-0.05, 0) is 30.7 Å². The van der Waals surface area contributed by atoms with E-state index in [1.807, 2.05) is 37.3 Å². The van der Waals surface area contributed by atoms with Crippen LogP contribution < -0.4 is 0 Å². The van der Waals surface area contributed by atoms with Gasteiger partial charge in [-0.3, -0.25) is 9.69 Å². The summed E-state index contributed by atoms with van der Waals surface area (Å²) in [4.78, 5) is 27.0. The van der Waals surface area contributed by atoms with Gasteiger partial charge in [-0.25, -0.2) is 4.79 Å². The van der Waals surface area contributed by atoms with E-state index in [4.69, 9.17) is 21.4 Å². The second kappa shape index (κ2) is 8.91. The van der Waals surface area contributed by atoms with Crippen LogP contribution in [0.15, 0.2) is 70.0 Å². The molecule has 0 spiro atoms. The smallest absolute Gasteiger partial charge is 0.338 e. The molecule has 2 heterocycles. The number of thiocarbonyl (C=S) groups is 1. The first-order chi connectivity index (χ1) is 15.0. The first kappa shape index (κ1) is 21.1. The lowest BCUT2D eigenvalue weighted by Gasteiger charge is -2.14. The zero-order chi connectivity index (χ0) is 22.0. The van der Waals surface area contributed by atoms with Crippen molar-refractivity contribution in [1.29, 1.82) is 0 Å². The number of hydrogen-bond donors (Lipinski definition) is 0. The van der Waals surface area contributed by atoms with Crippen molar-refractivity contribution in [2.45, 2.75) is 13.5 Å². The number of benzene rings is 2. The number of thioether (sulfide) groups is 1. The Morgan fingerprint density at radius 3 is 2.61 bits per heavy atom. The molecule has 156 valence electrons. The molecule has 0 unspecified atom stereocenters. The fraction of sp³-hybridized carbons (Fsp3) is 0.125. The van der Waals surface area contributed by atoms with Gasteiger partial charge in [0.1, 0.15) is 15.8 Å². The molecule has 5 nitrogen and oxygen atoms in total. The average Bonchev–Trinajstić information content (AvgIpc) is 3.35. The summed E-state index contributed by atoms with van der Waals surface area (Å²) in [5.41, 5.74) is 3.22. The molecule has 31 heavy (non-hydrogen) atoms. The minimum Gasteiger partial charge on any atom is -0.465 e. The number of carbonyl (C=O) groups excluding carboxylic acids is 2. The fourth-order valence-electron chi connectivity index (χ4n) is 3.20. The van der Waals surface area contributed by atoms with Gasteiger partial charge in [-0.15, -0.1) is 0 Å². The zero-order valence-corrected chi connectivity index (χ0v) is 18.6. The summed E-state index contributed by atoms with van der Waals surface area (Å²) in [6, 6.07) is 18.6. The van der Waals surface area contributed by atoms with Gasteiger partial charge in [0.25, 0.3) is 5.91 Å². The number of hydrogen-bond acceptors (Lipinski definition) is 6. The van der Waals surface area contributed by atoms with E-state index in [1.165, 1.54) is 18.9 Å². The minimum absolute atomic E-state index is 0.150. The Labute approximate surface area is 189 Å². The van der Waals surface area contributed by atoms with Crippen LogP contribution in [0.2, 0.25) is 0 Å². The van der Waals surface area contributed by atoms with Gasteiger partial charge in [0.15, 0.2) is 0 Å². The summed E-state index contributed by atoms with van der Waals surface area (Å²) in [6.07, 6.45) is 1.68. The minimum atomic E-state index is -0.439. The summed E-state index contributed by atoms with van der Waals surface area (Å²) in [5, 5.41) is 0. The summed E-state index contributed by atoms with van der Waals surface area (Å²) >= 11 is 6.67. The number of nitrogens with zero attached hydrogens (tertiary/aromatic N) is 1. The van der Waals surface area contributed by atoms with E-state index in [2.05, 4.69) is 0 Å². The molecule has 1 saturated heterocycles. The van der Waals surface area contributed by atoms with Crippen LogP contribution in [0.1, 0.15) is 27.2 Å². The lowest BCUT2D eigenvalue weighted by atomic mass is 10.1. The van der Waals surface area contributed by atoms with Crippen LogP contribution in [0.5, 0.6) is 0 Å². The zero-order valence-electron chi connectivity index (χ0n) is 17.0. The van der Waals surface area contributed by atoms with Gasteiger partial charge in [0.05, 0.1) is 24.1 Å². The average molecular weight is 450 g/mol. The highest BCUT2D eigenvalue weighted by Crippen LogP contribution is 2.35. The van der Waals surface area contributed by atoms with Crippen molar-refractivity contribution < 1.29 is 18.7 Å². The number of carbonyl (C=O) groups is 2. The van der Waals surface area contributed by atoms with Crippen LogP contribution in [0.25, 0.3) is 17.4 Å². The molecule has 1 aliphatic rings. The van der Waals surface area contributed by atoms with Gasteiger partial charge < -0.3 is 9.15 Å². The number of methoxy groups -OCH3 is 1. The molecule has 1 aromatic heterocycles. The van der Waals surface area contributed by atoms with Gasteiger partial charge >= 0.3 is 5.97 Å². The molecule has 0 aliphatic carbocycles. The second-order valence-corrected chi connectivity index (χ2v) is 8.67. The predicted molar refractivity (Wildman–Crippen MR) is 125 cm³/mol. The van der Waals surface area contributed by atoms with Gasteiger partial charge in [-0.2, -0.15) is 0 Å². The standard InChI is InChI=1S/C24H19NO4S2/c1-15-7-9-16(10-8-15)14-25-22(26)21(31-24(25)30)13-17-11-12-20(29-17)18-5-3-4-6-19(18)23(27)28-2/h3-13H,14H2,1-2H3/b21-13+. The third-order valence-corrected chi connectivity index (χ3v) is 6.21. The van der Waals surface area contributed by atoms with Crippen molar-refractivity contribution in [3.05, 3.63) is 88.0 Å². The van der Waals surface area contributed by atoms with Crippen molar-refractivity contribution in [3.8, 4) is 11.3 Å². The topological polar surface area (TPSA) is 59.8 Å². The molecule has 4 rings (SSSR count). The number of esters is 1. The molecule has 1 amide bonds. The van der Waals surface area contributed by atoms with E-state index >= 15 is 0 Å². The lowest BCUT2D eigenvalue weighted by Crippen LogP contribution is -2.27. The lowest BCUT2D eigenvalue weighted by molar-refractivity contribution is -0.122. The SMILES string of the molecule is COC(=O)c1ccccc1-c1ccc(/C=C2/SC(=S)N(Cc3ccc(C)cc3)C2=O)o1. The third-order valence-electron chi connectivity index (χ3n) is 4.83. The van der Waals surface area contributed by atoms with E-state index in [1.54, 1.807) is 41.3 Å². The maximum Gasteiger partial charge on any atom is 0.338 e. The highest BCUT2D eigenvalue weighted by atomic mass is 32.2. The fourth-order valence-corrected chi connectivity index (χ4v) is 4.44. The van der Waals surface area contributed by atoms with Crippen molar-refractivity contribution in [2.75, 3.05) is 7.11 Å². The van der Waals surface area contributed by atoms with Gasteiger partial charge in [-0.1, -0.05) is 72.0 Å². The molecule has 0 saturated carbocycles. The monoisotopic (exact) mass is 449 g/mol. The molecule has 0 atom stereocenters. The van der Waals surface area contributed by atoms with Crippen LogP contribution in [0, 0.1) is 6.92 Å². The van der Waals surface area contributed by atoms with Crippen LogP contribution in [-0.2, 0) is 16.1 Å². The van der Waals surface area contributed by atoms with Gasteiger partial charge in [0.2, 0.25) is 0 Å². The Hall–Kier alpha value is -3.16. The van der Waals surface area contributed by atoms with E-state index in [-0.39, 0.29) is 5.91 Å². The Bertz CT molecular complexity index is 1190. The van der Waals surface area contributed by atoms with E-state index in [9.17, 15) is 9.59 Å². The largest absolute Gasteiger partial charge is 0.465 e. The molecule has 3 aromatic rings. The van der Waals surface area contributed by atoms with Crippen LogP contribution in [-0.4, -0.2) is 28.2 Å². The maximum atomic E-state index is 12.9. The Morgan fingerprint density at radius 2 is 1.87 bits per heavy atom. The van der Waals surface area contributed by atoms with Crippen molar-refractivity contribution in [2.24, 2.45) is 0 Å². The predicted octanol–water partition coefficient (Wildman–Crippen LogP) is 5.44. The van der Waals surface area contributed by atoms with E-state index < -0.39 is 5.97 Å². The third kappa shape index (κ3) is 4.47. The quantitative estimate of drug-likeness (QED) is 0.294. The molecule has 0 bridgehead atoms. The first-order valence-electron chi connectivity index (χ1n) is 9.54. The number of ether oxygens (including phenoxy) is 1. The van der Waals surface area contributed by atoms with Crippen molar-refractivity contribution in [1.82, 2.24) is 4.90 Å². The summed E-state index contributed by atoms with van der Waals surface area (Å²) in [5.74, 6) is 0.432. The Kier molecular flexibility index (Phi) is 6.06. The normalized spacial score (nSPS) is 15.0. The molecule has 0 N–H and O–H groups in total. The van der Waals surface area contributed by atoms with Crippen LogP contribution in [0.4, 0.5) is 0 Å². The van der Waals surface area contributed by atoms with Crippen molar-refractivity contribution in [3.63, 3.8) is 0 Å². The number of rotatable bonds is 5. The molecular weight excluding hydrogens is 430 g/mol. The summed E-state index contributed by atoms with van der Waals surface area (Å²) in [6.45, 7) is 2.45. The number of amides is 1. The molecule has 1 aliphatic heterocycles. The van der Waals surface area contributed by atoms with Crippen LogP contribution in [0.3, 0.4) is 0 Å². The number of aryl methyl sites for hydroxylation is 1. The second-order valence-electron chi connectivity index (χ2n) is 6.99. The molecule has 2 aromatic carbocycles. The molecule has 1 fully saturated rings. The molecule has 0 radical (unpaired) electrons. The summed E-state index contributed by atoms with van der Waals surface area (Å²) < 4.78 is 11.3. The van der Waals surface area contributed by atoms with Crippen molar-refractivity contribution >= 4 is 46.3 Å². The molecule has 7 heteroatoms. The first-order valence-corrected chi connectivity index (χ1v) is 10.8. The highest BCUT2D eigenvalue weighted by Gasteiger charge is 2.32. The summed E-state index contributed by atoms with van der Waals surface area (Å²) in [7, 11) is 1.34. The Morgan fingerprint density at radius 1 is 1.13 bits per heavy atom. The Balaban J connectivity index is 1.56. The van der Waals surface area contributed by atoms with Gasteiger partial charge in [0, 0.05) is 11.6 Å². The number of furan rings is 1. The highest BCUT2D eigenvalue weighted by molar-refractivity contribution is 8.26. The van der Waals surface area contributed by atoms with E-state index in [0.29, 0.717) is 38.4 Å². The van der Waals surface area contributed by atoms with Crippen LogP contribution >= 0.6 is 24.0 Å². The maximum absolute atomic E-state index is 12.9. The van der Waals surface area contributed by atoms with E-state index in [0.717, 1.165) is 11.1 Å². The molecular formula is C24H19NO4S2.